The van der Waals surface area contributed by atoms with Crippen LogP contribution < -0.4 is 0 Å². The highest BCUT2D eigenvalue weighted by atomic mass is 16.1. The smallest absolute Gasteiger partial charge is 0.193 e. The summed E-state index contributed by atoms with van der Waals surface area (Å²) >= 11 is 0. The van der Waals surface area contributed by atoms with Gasteiger partial charge in [-0.05, 0) is 25.0 Å². The molecule has 0 heterocycles. The van der Waals surface area contributed by atoms with Crippen LogP contribution in [0, 0.1) is 13.8 Å². The summed E-state index contributed by atoms with van der Waals surface area (Å²) in [7, 11) is 0. The lowest BCUT2D eigenvalue weighted by Gasteiger charge is -2.06. The van der Waals surface area contributed by atoms with E-state index in [1.54, 1.807) is 0 Å². The van der Waals surface area contributed by atoms with Gasteiger partial charge in [0.05, 0.1) is 0 Å². The maximum absolute atomic E-state index is 12.3. The summed E-state index contributed by atoms with van der Waals surface area (Å²) in [6.45, 7) is 11.9. The highest BCUT2D eigenvalue weighted by Gasteiger charge is 2.12. The van der Waals surface area contributed by atoms with Crippen LogP contribution in [-0.4, -0.2) is 5.78 Å². The predicted octanol–water partition coefficient (Wildman–Crippen LogP) is 5.59. The molecule has 0 unspecified atom stereocenters. The van der Waals surface area contributed by atoms with Crippen LogP contribution in [0.5, 0.6) is 0 Å². The van der Waals surface area contributed by atoms with Gasteiger partial charge in [-0.3, -0.25) is 4.79 Å². The van der Waals surface area contributed by atoms with E-state index in [0.717, 1.165) is 22.3 Å². The largest absolute Gasteiger partial charge is 0.289 e. The Labute approximate surface area is 123 Å². The van der Waals surface area contributed by atoms with Crippen molar-refractivity contribution >= 4 is 5.78 Å². The first kappa shape index (κ1) is 18.1. The molecule has 0 fully saturated rings. The lowest BCUT2D eigenvalue weighted by molar-refractivity contribution is 0.103. The number of hydrogen-bond donors (Lipinski definition) is 0. The van der Waals surface area contributed by atoms with Gasteiger partial charge < -0.3 is 0 Å². The monoisotopic (exact) mass is 270 g/mol. The second kappa shape index (κ2) is 9.96. The molecule has 1 heteroatoms. The normalized spacial score (nSPS) is 8.70. The van der Waals surface area contributed by atoms with Crippen molar-refractivity contribution in [3.8, 4) is 0 Å². The van der Waals surface area contributed by atoms with Gasteiger partial charge in [-0.25, -0.2) is 0 Å². The third-order valence-corrected chi connectivity index (χ3v) is 2.78. The number of hydrogen-bond acceptors (Lipinski definition) is 1. The first-order valence-corrected chi connectivity index (χ1v) is 7.36. The number of aryl methyl sites for hydroxylation is 2. The Bertz CT molecular complexity index is 479. The summed E-state index contributed by atoms with van der Waals surface area (Å²) in [5.74, 6) is 0.108. The van der Waals surface area contributed by atoms with E-state index in [2.05, 4.69) is 0 Å². The van der Waals surface area contributed by atoms with Crippen LogP contribution in [0.1, 0.15) is 54.7 Å². The molecular weight excluding hydrogens is 244 g/mol. The summed E-state index contributed by atoms with van der Waals surface area (Å²) in [4.78, 5) is 12.3. The Morgan fingerprint density at radius 3 is 1.25 bits per heavy atom. The number of carbonyl (C=O) groups is 1. The third-order valence-electron chi connectivity index (χ3n) is 2.78. The van der Waals surface area contributed by atoms with Crippen LogP contribution >= 0.6 is 0 Å². The first-order chi connectivity index (χ1) is 9.70. The average molecular weight is 270 g/mol. The molecule has 108 valence electrons. The lowest BCUT2D eigenvalue weighted by Crippen LogP contribution is -2.05. The zero-order valence-electron chi connectivity index (χ0n) is 13.5. The van der Waals surface area contributed by atoms with Gasteiger partial charge in [0.1, 0.15) is 0 Å². The van der Waals surface area contributed by atoms with Gasteiger partial charge in [0, 0.05) is 11.1 Å². The minimum Gasteiger partial charge on any atom is -0.289 e. The molecule has 0 saturated carbocycles. The van der Waals surface area contributed by atoms with Gasteiger partial charge in [0.15, 0.2) is 5.78 Å². The van der Waals surface area contributed by atoms with Crippen LogP contribution in [0.25, 0.3) is 0 Å². The Balaban J connectivity index is 0.000000829. The van der Waals surface area contributed by atoms with E-state index in [-0.39, 0.29) is 5.78 Å². The Morgan fingerprint density at radius 1 is 0.650 bits per heavy atom. The molecule has 2 aromatic carbocycles. The quantitative estimate of drug-likeness (QED) is 0.650. The summed E-state index contributed by atoms with van der Waals surface area (Å²) in [6, 6.07) is 15.4. The summed E-state index contributed by atoms with van der Waals surface area (Å²) in [6.07, 6.45) is 0. The molecular formula is C19H26O. The van der Waals surface area contributed by atoms with E-state index in [0.29, 0.717) is 0 Å². The van der Waals surface area contributed by atoms with E-state index in [4.69, 9.17) is 0 Å². The van der Waals surface area contributed by atoms with Crippen molar-refractivity contribution in [2.75, 3.05) is 0 Å². The van der Waals surface area contributed by atoms with Crippen molar-refractivity contribution in [3.63, 3.8) is 0 Å². The third kappa shape index (κ3) is 4.65. The Morgan fingerprint density at radius 2 is 0.950 bits per heavy atom. The molecule has 0 aliphatic heterocycles. The second-order valence-electron chi connectivity index (χ2n) is 3.96. The molecule has 0 aliphatic rings. The molecule has 2 aromatic rings. The first-order valence-electron chi connectivity index (χ1n) is 7.36. The minimum atomic E-state index is 0.108. The van der Waals surface area contributed by atoms with Crippen molar-refractivity contribution in [3.05, 3.63) is 70.8 Å². The highest BCUT2D eigenvalue weighted by molar-refractivity contribution is 6.10. The van der Waals surface area contributed by atoms with Crippen molar-refractivity contribution < 1.29 is 4.79 Å². The van der Waals surface area contributed by atoms with Crippen LogP contribution in [0.3, 0.4) is 0 Å². The standard InChI is InChI=1S/C15H14O.2C2H6/c1-11-7-3-5-9-13(11)15(16)14-10-6-4-8-12(14)2;2*1-2/h3-10H,1-2H3;2*1-2H3. The molecule has 0 bridgehead atoms. The average Bonchev–Trinajstić information content (AvgIpc) is 2.52. The Kier molecular flexibility index (Phi) is 9.02. The molecule has 0 radical (unpaired) electrons. The molecule has 0 aliphatic carbocycles. The van der Waals surface area contributed by atoms with Crippen LogP contribution in [0.15, 0.2) is 48.5 Å². The molecule has 2 rings (SSSR count). The fourth-order valence-corrected chi connectivity index (χ4v) is 1.80. The van der Waals surface area contributed by atoms with E-state index < -0.39 is 0 Å². The van der Waals surface area contributed by atoms with Crippen LogP contribution in [0.2, 0.25) is 0 Å². The van der Waals surface area contributed by atoms with Crippen molar-refractivity contribution in [1.82, 2.24) is 0 Å². The summed E-state index contributed by atoms with van der Waals surface area (Å²) in [5, 5.41) is 0. The molecule has 0 aromatic heterocycles. The lowest BCUT2D eigenvalue weighted by atomic mass is 9.96. The van der Waals surface area contributed by atoms with Gasteiger partial charge in [0.25, 0.3) is 0 Å². The summed E-state index contributed by atoms with van der Waals surface area (Å²) in [5.41, 5.74) is 3.63. The number of benzene rings is 2. The van der Waals surface area contributed by atoms with Gasteiger partial charge in [-0.2, -0.15) is 0 Å². The zero-order chi connectivity index (χ0) is 15.5. The molecule has 0 N–H and O–H groups in total. The van der Waals surface area contributed by atoms with Gasteiger partial charge in [-0.1, -0.05) is 76.2 Å². The van der Waals surface area contributed by atoms with Crippen molar-refractivity contribution in [1.29, 1.82) is 0 Å². The zero-order valence-corrected chi connectivity index (χ0v) is 13.5. The molecule has 0 spiro atoms. The molecule has 20 heavy (non-hydrogen) atoms. The SMILES string of the molecule is CC.CC.Cc1ccccc1C(=O)c1ccccc1C. The number of rotatable bonds is 2. The predicted molar refractivity (Wildman–Crippen MR) is 88.5 cm³/mol. The Hall–Kier alpha value is -1.89. The van der Waals surface area contributed by atoms with Crippen molar-refractivity contribution in [2.24, 2.45) is 0 Å². The number of ketones is 1. The minimum absolute atomic E-state index is 0.108. The maximum Gasteiger partial charge on any atom is 0.193 e. The van der Waals surface area contributed by atoms with Crippen LogP contribution in [0.4, 0.5) is 0 Å². The molecule has 0 amide bonds. The number of carbonyl (C=O) groups excluding carboxylic acids is 1. The highest BCUT2D eigenvalue weighted by Crippen LogP contribution is 2.16. The van der Waals surface area contributed by atoms with E-state index in [9.17, 15) is 4.79 Å². The maximum atomic E-state index is 12.3. The van der Waals surface area contributed by atoms with Crippen LogP contribution in [-0.2, 0) is 0 Å². The fraction of sp³-hybridized carbons (Fsp3) is 0.316. The fourth-order valence-electron chi connectivity index (χ4n) is 1.80. The molecule has 0 atom stereocenters. The van der Waals surface area contributed by atoms with Gasteiger partial charge in [-0.15, -0.1) is 0 Å². The van der Waals surface area contributed by atoms with E-state index >= 15 is 0 Å². The van der Waals surface area contributed by atoms with Gasteiger partial charge >= 0.3 is 0 Å². The topological polar surface area (TPSA) is 17.1 Å². The molecule has 0 saturated heterocycles. The summed E-state index contributed by atoms with van der Waals surface area (Å²) < 4.78 is 0. The van der Waals surface area contributed by atoms with Gasteiger partial charge in [0.2, 0.25) is 0 Å². The molecule has 1 nitrogen and oxygen atoms in total. The van der Waals surface area contributed by atoms with E-state index in [1.165, 1.54) is 0 Å². The van der Waals surface area contributed by atoms with E-state index in [1.807, 2.05) is 90.1 Å². The van der Waals surface area contributed by atoms with Crippen molar-refractivity contribution in [2.45, 2.75) is 41.5 Å². The second-order valence-corrected chi connectivity index (χ2v) is 3.96.